The molecule has 0 aliphatic carbocycles. The van der Waals surface area contributed by atoms with Crippen LogP contribution in [0, 0.1) is 0 Å². The van der Waals surface area contributed by atoms with Gasteiger partial charge in [-0.1, -0.05) is 0 Å². The van der Waals surface area contributed by atoms with Gasteiger partial charge in [0.25, 0.3) is 0 Å². The number of halogens is 1. The van der Waals surface area contributed by atoms with E-state index in [0.29, 0.717) is 0 Å². The molecule has 0 amide bonds. The van der Waals surface area contributed by atoms with Crippen LogP contribution in [0.2, 0.25) is 0 Å². The molecule has 1 saturated heterocycles. The van der Waals surface area contributed by atoms with Crippen LogP contribution >= 0.6 is 15.9 Å². The molecule has 2 rings (SSSR count). The lowest BCUT2D eigenvalue weighted by atomic mass is 10.1. The minimum absolute atomic E-state index is 0.0988. The molecule has 0 atom stereocenters. The van der Waals surface area contributed by atoms with E-state index >= 15 is 0 Å². The number of pyridine rings is 1. The maximum Gasteiger partial charge on any atom is 0.211 e. The third kappa shape index (κ3) is 3.67. The highest BCUT2D eigenvalue weighted by atomic mass is 79.9. The molecular weight excluding hydrogens is 330 g/mol. The molecule has 0 bridgehead atoms. The number of rotatable bonds is 3. The summed E-state index contributed by atoms with van der Waals surface area (Å²) in [7, 11) is -1.44. The molecular formula is C12H18BrN3O2S. The van der Waals surface area contributed by atoms with Gasteiger partial charge in [0.1, 0.15) is 5.82 Å². The second-order valence-corrected chi connectivity index (χ2v) is 7.79. The first kappa shape index (κ1) is 14.7. The van der Waals surface area contributed by atoms with Gasteiger partial charge in [-0.05, 0) is 40.9 Å². The molecule has 106 valence electrons. The Kier molecular flexibility index (Phi) is 4.47. The third-order valence-electron chi connectivity index (χ3n) is 3.54. The summed E-state index contributed by atoms with van der Waals surface area (Å²) in [5.74, 6) is 0.948. The smallest absolute Gasteiger partial charge is 0.211 e. The number of aromatic nitrogens is 1. The van der Waals surface area contributed by atoms with Gasteiger partial charge in [-0.3, -0.25) is 0 Å². The Morgan fingerprint density at radius 3 is 2.47 bits per heavy atom. The lowest BCUT2D eigenvalue weighted by Gasteiger charge is -2.36. The monoisotopic (exact) mass is 347 g/mol. The van der Waals surface area contributed by atoms with Gasteiger partial charge in [-0.25, -0.2) is 17.7 Å². The molecule has 1 aromatic rings. The normalized spacial score (nSPS) is 18.0. The number of piperidine rings is 1. The SMILES string of the molecule is CN(C1CCN(c2ccc(Br)cn2)CC1)S(C)(=O)=O. The Bertz CT molecular complexity index is 524. The number of hydrogen-bond donors (Lipinski definition) is 0. The van der Waals surface area contributed by atoms with E-state index < -0.39 is 10.0 Å². The topological polar surface area (TPSA) is 53.5 Å². The van der Waals surface area contributed by atoms with Gasteiger partial charge in [-0.15, -0.1) is 0 Å². The molecule has 1 aliphatic heterocycles. The van der Waals surface area contributed by atoms with Gasteiger partial charge in [0, 0.05) is 36.8 Å². The van der Waals surface area contributed by atoms with Crippen molar-refractivity contribution < 1.29 is 8.42 Å². The fraction of sp³-hybridized carbons (Fsp3) is 0.583. The maximum atomic E-state index is 11.5. The molecule has 7 heteroatoms. The molecule has 2 heterocycles. The molecule has 1 fully saturated rings. The Hall–Kier alpha value is -0.660. The minimum Gasteiger partial charge on any atom is -0.357 e. The predicted molar refractivity (Wildman–Crippen MR) is 79.8 cm³/mol. The summed E-state index contributed by atoms with van der Waals surface area (Å²) in [6.07, 6.45) is 4.71. The number of nitrogens with zero attached hydrogens (tertiary/aromatic N) is 3. The van der Waals surface area contributed by atoms with E-state index in [-0.39, 0.29) is 6.04 Å². The number of sulfonamides is 1. The van der Waals surface area contributed by atoms with Gasteiger partial charge < -0.3 is 4.90 Å². The van der Waals surface area contributed by atoms with Crippen molar-refractivity contribution in [2.75, 3.05) is 31.3 Å². The van der Waals surface area contributed by atoms with E-state index in [9.17, 15) is 8.42 Å². The largest absolute Gasteiger partial charge is 0.357 e. The van der Waals surface area contributed by atoms with Crippen molar-refractivity contribution in [3.05, 3.63) is 22.8 Å². The minimum atomic E-state index is -3.10. The molecule has 19 heavy (non-hydrogen) atoms. The summed E-state index contributed by atoms with van der Waals surface area (Å²) in [6.45, 7) is 1.66. The van der Waals surface area contributed by atoms with Gasteiger partial charge >= 0.3 is 0 Å². The first-order valence-corrected chi connectivity index (χ1v) is 8.81. The van der Waals surface area contributed by atoms with Crippen LogP contribution in [0.3, 0.4) is 0 Å². The second-order valence-electron chi connectivity index (χ2n) is 4.83. The lowest BCUT2D eigenvalue weighted by molar-refractivity contribution is 0.313. The van der Waals surface area contributed by atoms with Crippen LogP contribution in [0.25, 0.3) is 0 Å². The predicted octanol–water partition coefficient (Wildman–Crippen LogP) is 1.70. The van der Waals surface area contributed by atoms with E-state index in [4.69, 9.17) is 0 Å². The number of anilines is 1. The fourth-order valence-electron chi connectivity index (χ4n) is 2.28. The first-order chi connectivity index (χ1) is 8.88. The molecule has 1 aromatic heterocycles. The van der Waals surface area contributed by atoms with Crippen LogP contribution in [0.1, 0.15) is 12.8 Å². The molecule has 0 spiro atoms. The summed E-state index contributed by atoms with van der Waals surface area (Å²) in [6, 6.07) is 4.04. The molecule has 0 saturated carbocycles. The summed E-state index contributed by atoms with van der Waals surface area (Å²) in [5.41, 5.74) is 0. The first-order valence-electron chi connectivity index (χ1n) is 6.17. The fourth-order valence-corrected chi connectivity index (χ4v) is 3.27. The summed E-state index contributed by atoms with van der Waals surface area (Å²) >= 11 is 3.37. The Labute approximate surface area is 122 Å². The van der Waals surface area contributed by atoms with E-state index in [2.05, 4.69) is 25.8 Å². The summed E-state index contributed by atoms with van der Waals surface area (Å²) < 4.78 is 25.5. The Morgan fingerprint density at radius 1 is 1.37 bits per heavy atom. The van der Waals surface area contributed by atoms with Gasteiger partial charge in [-0.2, -0.15) is 0 Å². The standard InChI is InChI=1S/C12H18BrN3O2S/c1-15(19(2,17)18)11-5-7-16(8-6-11)12-4-3-10(13)9-14-12/h3-4,9,11H,5-8H2,1-2H3. The average molecular weight is 348 g/mol. The van der Waals surface area contributed by atoms with Crippen LogP contribution in [-0.4, -0.2) is 50.1 Å². The average Bonchev–Trinajstić information content (AvgIpc) is 2.38. The highest BCUT2D eigenvalue weighted by Gasteiger charge is 2.27. The zero-order valence-electron chi connectivity index (χ0n) is 11.1. The van der Waals surface area contributed by atoms with Crippen LogP contribution in [0.15, 0.2) is 22.8 Å². The van der Waals surface area contributed by atoms with E-state index in [1.807, 2.05) is 12.1 Å². The van der Waals surface area contributed by atoms with Crippen LogP contribution in [0.5, 0.6) is 0 Å². The quantitative estimate of drug-likeness (QED) is 0.835. The molecule has 0 aromatic carbocycles. The lowest BCUT2D eigenvalue weighted by Crippen LogP contribution is -2.45. The maximum absolute atomic E-state index is 11.5. The van der Waals surface area contributed by atoms with Crippen LogP contribution < -0.4 is 4.90 Å². The van der Waals surface area contributed by atoms with Crippen molar-refractivity contribution >= 4 is 31.8 Å². The Balaban J connectivity index is 1.98. The molecule has 0 unspecified atom stereocenters. The van der Waals surface area contributed by atoms with Crippen molar-refractivity contribution in [1.29, 1.82) is 0 Å². The van der Waals surface area contributed by atoms with Crippen LogP contribution in [0.4, 0.5) is 5.82 Å². The second kappa shape index (κ2) is 5.76. The van der Waals surface area contributed by atoms with Crippen molar-refractivity contribution in [1.82, 2.24) is 9.29 Å². The van der Waals surface area contributed by atoms with Crippen LogP contribution in [-0.2, 0) is 10.0 Å². The van der Waals surface area contributed by atoms with E-state index in [1.165, 1.54) is 10.6 Å². The van der Waals surface area contributed by atoms with Crippen molar-refractivity contribution in [3.8, 4) is 0 Å². The van der Waals surface area contributed by atoms with E-state index in [0.717, 1.165) is 36.2 Å². The van der Waals surface area contributed by atoms with Crippen molar-refractivity contribution in [2.24, 2.45) is 0 Å². The zero-order valence-corrected chi connectivity index (χ0v) is 13.5. The summed E-state index contributed by atoms with van der Waals surface area (Å²) in [4.78, 5) is 6.56. The van der Waals surface area contributed by atoms with Gasteiger partial charge in [0.15, 0.2) is 0 Å². The highest BCUT2D eigenvalue weighted by molar-refractivity contribution is 9.10. The third-order valence-corrected chi connectivity index (χ3v) is 5.35. The van der Waals surface area contributed by atoms with Gasteiger partial charge in [0.2, 0.25) is 10.0 Å². The zero-order chi connectivity index (χ0) is 14.0. The number of hydrogen-bond acceptors (Lipinski definition) is 4. The molecule has 0 radical (unpaired) electrons. The van der Waals surface area contributed by atoms with Crippen molar-refractivity contribution in [3.63, 3.8) is 0 Å². The molecule has 5 nitrogen and oxygen atoms in total. The Morgan fingerprint density at radius 2 is 2.00 bits per heavy atom. The molecule has 1 aliphatic rings. The highest BCUT2D eigenvalue weighted by Crippen LogP contribution is 2.22. The summed E-state index contributed by atoms with van der Waals surface area (Å²) in [5, 5.41) is 0. The van der Waals surface area contributed by atoms with Gasteiger partial charge in [0.05, 0.1) is 6.26 Å². The van der Waals surface area contributed by atoms with E-state index in [1.54, 1.807) is 13.2 Å². The molecule has 0 N–H and O–H groups in total. The van der Waals surface area contributed by atoms with Crippen molar-refractivity contribution in [2.45, 2.75) is 18.9 Å².